The molecule has 0 saturated carbocycles. The summed E-state index contributed by atoms with van der Waals surface area (Å²) < 4.78 is 2.96. The molecule has 34 heavy (non-hydrogen) atoms. The topological polar surface area (TPSA) is 119 Å². The Kier molecular flexibility index (Phi) is 5.91. The molecule has 166 valence electrons. The molecule has 0 bridgehead atoms. The Morgan fingerprint density at radius 3 is 2.50 bits per heavy atom. The Morgan fingerprint density at radius 1 is 0.971 bits per heavy atom. The molecule has 11 heteroatoms. The standard InChI is InChI=1S/C23H16N8O2S/c32-20(16-9-3-1-4-10-16)26-24-15-18-21(25-19-13-7-8-14-30(19)22(18)33)34-23-27-28-29-31(23)17-11-5-2-6-12-17/h1-15H,(H,26,32). The minimum Gasteiger partial charge on any atom is -0.268 e. The van der Waals surface area contributed by atoms with E-state index in [4.69, 9.17) is 0 Å². The van der Waals surface area contributed by atoms with Crippen molar-refractivity contribution in [2.75, 3.05) is 0 Å². The summed E-state index contributed by atoms with van der Waals surface area (Å²) in [6, 6.07) is 23.3. The van der Waals surface area contributed by atoms with Crippen LogP contribution in [0.15, 0.2) is 105 Å². The van der Waals surface area contributed by atoms with E-state index in [-0.39, 0.29) is 11.1 Å². The molecule has 0 aliphatic carbocycles. The average molecular weight is 469 g/mol. The number of hydrogen-bond donors (Lipinski definition) is 1. The molecule has 3 aromatic heterocycles. The van der Waals surface area contributed by atoms with Crippen molar-refractivity contribution in [2.45, 2.75) is 10.2 Å². The van der Waals surface area contributed by atoms with Crippen molar-refractivity contribution in [2.24, 2.45) is 5.10 Å². The van der Waals surface area contributed by atoms with Crippen molar-refractivity contribution in [3.05, 3.63) is 107 Å². The lowest BCUT2D eigenvalue weighted by Crippen LogP contribution is -2.23. The molecule has 0 aliphatic heterocycles. The van der Waals surface area contributed by atoms with Gasteiger partial charge >= 0.3 is 0 Å². The maximum absolute atomic E-state index is 13.2. The molecule has 0 atom stereocenters. The number of hydrazone groups is 1. The van der Waals surface area contributed by atoms with Gasteiger partial charge in [-0.1, -0.05) is 42.5 Å². The van der Waals surface area contributed by atoms with Gasteiger partial charge in [0.25, 0.3) is 11.5 Å². The number of aromatic nitrogens is 6. The molecule has 0 aliphatic rings. The van der Waals surface area contributed by atoms with Crippen LogP contribution in [0.1, 0.15) is 15.9 Å². The Balaban J connectivity index is 1.52. The molecule has 5 rings (SSSR count). The van der Waals surface area contributed by atoms with Gasteiger partial charge < -0.3 is 0 Å². The number of pyridine rings is 1. The van der Waals surface area contributed by atoms with E-state index in [1.807, 2.05) is 36.4 Å². The molecule has 2 aromatic carbocycles. The zero-order chi connectivity index (χ0) is 23.3. The van der Waals surface area contributed by atoms with Crippen LogP contribution in [0.2, 0.25) is 0 Å². The number of carbonyl (C=O) groups is 1. The molecular formula is C23H16N8O2S. The minimum absolute atomic E-state index is 0.185. The van der Waals surface area contributed by atoms with Gasteiger partial charge in [-0.25, -0.2) is 10.4 Å². The smallest absolute Gasteiger partial charge is 0.268 e. The van der Waals surface area contributed by atoms with E-state index in [9.17, 15) is 9.59 Å². The summed E-state index contributed by atoms with van der Waals surface area (Å²) >= 11 is 1.13. The highest BCUT2D eigenvalue weighted by atomic mass is 32.2. The van der Waals surface area contributed by atoms with Gasteiger partial charge in [0.2, 0.25) is 5.16 Å². The number of carbonyl (C=O) groups excluding carboxylic acids is 1. The summed E-state index contributed by atoms with van der Waals surface area (Å²) in [5, 5.41) is 16.7. The van der Waals surface area contributed by atoms with Gasteiger partial charge in [0.05, 0.1) is 17.5 Å². The van der Waals surface area contributed by atoms with Crippen molar-refractivity contribution in [1.29, 1.82) is 0 Å². The number of fused-ring (bicyclic) bond motifs is 1. The van der Waals surface area contributed by atoms with Crippen LogP contribution in [0.4, 0.5) is 0 Å². The zero-order valence-electron chi connectivity index (χ0n) is 17.5. The highest BCUT2D eigenvalue weighted by Gasteiger charge is 2.17. The van der Waals surface area contributed by atoms with E-state index in [1.54, 1.807) is 53.3 Å². The molecule has 0 fully saturated rings. The average Bonchev–Trinajstić information content (AvgIpc) is 3.35. The van der Waals surface area contributed by atoms with E-state index in [0.29, 0.717) is 21.4 Å². The van der Waals surface area contributed by atoms with Crippen LogP contribution in [0, 0.1) is 0 Å². The maximum atomic E-state index is 13.2. The van der Waals surface area contributed by atoms with E-state index < -0.39 is 5.91 Å². The lowest BCUT2D eigenvalue weighted by molar-refractivity contribution is 0.0955. The van der Waals surface area contributed by atoms with E-state index in [1.165, 1.54) is 10.6 Å². The minimum atomic E-state index is -0.395. The number of tetrazole rings is 1. The fourth-order valence-electron chi connectivity index (χ4n) is 3.14. The first-order valence-corrected chi connectivity index (χ1v) is 10.9. The van der Waals surface area contributed by atoms with Crippen LogP contribution in [0.25, 0.3) is 11.3 Å². The fourth-order valence-corrected chi connectivity index (χ4v) is 4.01. The third-order valence-electron chi connectivity index (χ3n) is 4.76. The molecule has 1 N–H and O–H groups in total. The second-order valence-corrected chi connectivity index (χ2v) is 7.90. The highest BCUT2D eigenvalue weighted by molar-refractivity contribution is 7.99. The molecule has 0 saturated heterocycles. The fraction of sp³-hybridized carbons (Fsp3) is 0. The number of nitrogens with one attached hydrogen (secondary N) is 1. The van der Waals surface area contributed by atoms with Crippen LogP contribution in [0.5, 0.6) is 0 Å². The van der Waals surface area contributed by atoms with E-state index in [2.05, 4.69) is 31.0 Å². The van der Waals surface area contributed by atoms with Gasteiger partial charge in [-0.3, -0.25) is 14.0 Å². The summed E-state index contributed by atoms with van der Waals surface area (Å²) in [5.41, 5.74) is 3.96. The van der Waals surface area contributed by atoms with Crippen molar-refractivity contribution < 1.29 is 4.79 Å². The normalized spacial score (nSPS) is 11.2. The lowest BCUT2D eigenvalue weighted by atomic mass is 10.2. The summed E-state index contributed by atoms with van der Waals surface area (Å²) in [7, 11) is 0. The van der Waals surface area contributed by atoms with Crippen molar-refractivity contribution in [1.82, 2.24) is 35.0 Å². The molecule has 0 radical (unpaired) electrons. The number of rotatable bonds is 6. The number of nitrogens with zero attached hydrogens (tertiary/aromatic N) is 7. The summed E-state index contributed by atoms with van der Waals surface area (Å²) in [6.45, 7) is 0. The SMILES string of the molecule is O=C(NN=Cc1c(Sc2nnnn2-c2ccccc2)nc2ccccn2c1=O)c1ccccc1. The van der Waals surface area contributed by atoms with Crippen molar-refractivity contribution in [3.63, 3.8) is 0 Å². The molecule has 0 unspecified atom stereocenters. The van der Waals surface area contributed by atoms with Crippen LogP contribution < -0.4 is 11.0 Å². The third kappa shape index (κ3) is 4.32. The van der Waals surface area contributed by atoms with Crippen LogP contribution in [-0.4, -0.2) is 41.7 Å². The first-order chi connectivity index (χ1) is 16.7. The molecule has 10 nitrogen and oxygen atoms in total. The first kappa shape index (κ1) is 21.2. The quantitative estimate of drug-likeness (QED) is 0.231. The number of hydrogen-bond acceptors (Lipinski definition) is 8. The third-order valence-corrected chi connectivity index (χ3v) is 5.70. The van der Waals surface area contributed by atoms with Crippen LogP contribution in [0.3, 0.4) is 0 Å². The summed E-state index contributed by atoms with van der Waals surface area (Å²) in [6.07, 6.45) is 2.90. The van der Waals surface area contributed by atoms with Gasteiger partial charge in [0.15, 0.2) is 0 Å². The van der Waals surface area contributed by atoms with Crippen molar-refractivity contribution >= 4 is 29.5 Å². The number of amides is 1. The Hall–Kier alpha value is -4.64. The largest absolute Gasteiger partial charge is 0.271 e. The molecule has 3 heterocycles. The zero-order valence-corrected chi connectivity index (χ0v) is 18.3. The first-order valence-electron chi connectivity index (χ1n) is 10.1. The monoisotopic (exact) mass is 468 g/mol. The van der Waals surface area contributed by atoms with E-state index >= 15 is 0 Å². The number of para-hydroxylation sites is 1. The Labute approximate surface area is 197 Å². The second kappa shape index (κ2) is 9.46. The Bertz CT molecular complexity index is 1550. The van der Waals surface area contributed by atoms with Gasteiger partial charge in [0, 0.05) is 11.8 Å². The van der Waals surface area contributed by atoms with Crippen LogP contribution in [-0.2, 0) is 0 Å². The van der Waals surface area contributed by atoms with Crippen molar-refractivity contribution in [3.8, 4) is 5.69 Å². The predicted molar refractivity (Wildman–Crippen MR) is 126 cm³/mol. The molecule has 1 amide bonds. The predicted octanol–water partition coefficient (Wildman–Crippen LogP) is 2.59. The lowest BCUT2D eigenvalue weighted by Gasteiger charge is -2.08. The van der Waals surface area contributed by atoms with E-state index in [0.717, 1.165) is 17.4 Å². The molecule has 5 aromatic rings. The van der Waals surface area contributed by atoms with Gasteiger partial charge in [-0.15, -0.1) is 5.10 Å². The second-order valence-electron chi connectivity index (χ2n) is 6.94. The molecular weight excluding hydrogens is 452 g/mol. The van der Waals surface area contributed by atoms with Gasteiger partial charge in [-0.05, 0) is 58.6 Å². The summed E-state index contributed by atoms with van der Waals surface area (Å²) in [4.78, 5) is 30.2. The van der Waals surface area contributed by atoms with Gasteiger partial charge in [0.1, 0.15) is 10.7 Å². The Morgan fingerprint density at radius 2 is 1.71 bits per heavy atom. The highest BCUT2D eigenvalue weighted by Crippen LogP contribution is 2.27. The maximum Gasteiger partial charge on any atom is 0.271 e. The number of benzene rings is 2. The van der Waals surface area contributed by atoms with Gasteiger partial charge in [-0.2, -0.15) is 9.78 Å². The van der Waals surface area contributed by atoms with Crippen LogP contribution >= 0.6 is 11.8 Å². The molecule has 0 spiro atoms. The summed E-state index contributed by atoms with van der Waals surface area (Å²) in [5.74, 6) is -0.395.